The van der Waals surface area contributed by atoms with Crippen molar-refractivity contribution in [1.82, 2.24) is 0 Å². The molecule has 2 rings (SSSR count). The topological polar surface area (TPSA) is 16.6 Å². The predicted octanol–water partition coefficient (Wildman–Crippen LogP) is 2.21. The van der Waals surface area contributed by atoms with Crippen molar-refractivity contribution in [3.05, 3.63) is 35.4 Å². The van der Waals surface area contributed by atoms with E-state index in [4.69, 9.17) is 0 Å². The summed E-state index contributed by atoms with van der Waals surface area (Å²) >= 11 is 0. The fraction of sp³-hybridized carbons (Fsp3) is 0.571. The van der Waals surface area contributed by atoms with E-state index < -0.39 is 0 Å². The second-order valence-corrected chi connectivity index (χ2v) is 6.11. The van der Waals surface area contributed by atoms with Crippen LogP contribution in [0.2, 0.25) is 0 Å². The van der Waals surface area contributed by atoms with Gasteiger partial charge in [-0.2, -0.15) is 0 Å². The predicted molar refractivity (Wildman–Crippen MR) is 63.8 cm³/mol. The highest BCUT2D eigenvalue weighted by atomic mass is 15.0. The molecule has 0 fully saturated rings. The molecule has 1 aromatic rings. The number of fused-ring (bicyclic) bond motifs is 1. The van der Waals surface area contributed by atoms with E-state index in [0.29, 0.717) is 11.0 Å². The number of quaternary nitrogens is 1. The largest absolute Gasteiger partial charge is 0.338 e. The summed E-state index contributed by atoms with van der Waals surface area (Å²) in [6.45, 7) is 10.5. The van der Waals surface area contributed by atoms with Gasteiger partial charge >= 0.3 is 0 Å². The van der Waals surface area contributed by atoms with Gasteiger partial charge in [0.2, 0.25) is 0 Å². The third kappa shape index (κ3) is 2.07. The third-order valence-corrected chi connectivity index (χ3v) is 3.52. The van der Waals surface area contributed by atoms with Crippen LogP contribution in [0.15, 0.2) is 24.3 Å². The van der Waals surface area contributed by atoms with Gasteiger partial charge < -0.3 is 5.32 Å². The van der Waals surface area contributed by atoms with E-state index in [1.165, 1.54) is 17.5 Å². The van der Waals surface area contributed by atoms with Crippen molar-refractivity contribution < 1.29 is 5.32 Å². The van der Waals surface area contributed by atoms with Gasteiger partial charge in [0.25, 0.3) is 0 Å². The number of rotatable bonds is 0. The molecule has 0 aliphatic carbocycles. The van der Waals surface area contributed by atoms with Crippen LogP contribution in [0, 0.1) is 0 Å². The molecule has 0 bridgehead atoms. The van der Waals surface area contributed by atoms with Crippen LogP contribution in [0.1, 0.15) is 45.2 Å². The van der Waals surface area contributed by atoms with Gasteiger partial charge in [-0.15, -0.1) is 0 Å². The van der Waals surface area contributed by atoms with Gasteiger partial charge in [-0.3, -0.25) is 0 Å². The normalized spacial score (nSPS) is 22.9. The minimum atomic E-state index is 0.299. The van der Waals surface area contributed by atoms with E-state index in [1.54, 1.807) is 0 Å². The molecule has 0 atom stereocenters. The molecule has 1 heteroatoms. The summed E-state index contributed by atoms with van der Waals surface area (Å²) in [7, 11) is 0. The molecule has 2 N–H and O–H groups in total. The Morgan fingerprint density at radius 2 is 1.73 bits per heavy atom. The summed E-state index contributed by atoms with van der Waals surface area (Å²) in [6, 6.07) is 8.89. The molecular formula is C14H22N+. The molecule has 82 valence electrons. The SMILES string of the molecule is CC1(C)CC(C)(C)c2ccccc2C[NH2+]1. The molecule has 0 saturated carbocycles. The van der Waals surface area contributed by atoms with Gasteiger partial charge in [-0.05, 0) is 24.8 Å². The van der Waals surface area contributed by atoms with Crippen molar-refractivity contribution in [1.29, 1.82) is 0 Å². The first-order chi connectivity index (χ1) is 6.91. The first-order valence-electron chi connectivity index (χ1n) is 5.83. The van der Waals surface area contributed by atoms with Gasteiger partial charge in [0.05, 0.1) is 5.54 Å². The Bertz CT molecular complexity index is 363. The average Bonchev–Trinajstić information content (AvgIpc) is 2.22. The number of benzene rings is 1. The second kappa shape index (κ2) is 3.34. The van der Waals surface area contributed by atoms with Crippen LogP contribution in [0.4, 0.5) is 0 Å². The van der Waals surface area contributed by atoms with E-state index in [0.717, 1.165) is 6.54 Å². The molecule has 0 amide bonds. The molecule has 15 heavy (non-hydrogen) atoms. The van der Waals surface area contributed by atoms with Crippen molar-refractivity contribution in [3.8, 4) is 0 Å². The molecule has 1 nitrogen and oxygen atoms in total. The van der Waals surface area contributed by atoms with Crippen LogP contribution in [0.3, 0.4) is 0 Å². The number of nitrogens with two attached hydrogens (primary N) is 1. The molecule has 0 saturated heterocycles. The highest BCUT2D eigenvalue weighted by Crippen LogP contribution is 2.34. The first-order valence-corrected chi connectivity index (χ1v) is 5.83. The van der Waals surface area contributed by atoms with Crippen LogP contribution in [-0.2, 0) is 12.0 Å². The van der Waals surface area contributed by atoms with E-state index >= 15 is 0 Å². The fourth-order valence-electron chi connectivity index (χ4n) is 3.05. The van der Waals surface area contributed by atoms with E-state index in [2.05, 4.69) is 57.3 Å². The van der Waals surface area contributed by atoms with Crippen molar-refractivity contribution >= 4 is 0 Å². The quantitative estimate of drug-likeness (QED) is 0.667. The van der Waals surface area contributed by atoms with Crippen molar-refractivity contribution in [2.24, 2.45) is 0 Å². The summed E-state index contributed by atoms with van der Waals surface area (Å²) < 4.78 is 0. The van der Waals surface area contributed by atoms with Crippen LogP contribution in [0.5, 0.6) is 0 Å². The van der Waals surface area contributed by atoms with Crippen molar-refractivity contribution in [3.63, 3.8) is 0 Å². The van der Waals surface area contributed by atoms with Gasteiger partial charge in [0.1, 0.15) is 6.54 Å². The minimum absolute atomic E-state index is 0.299. The summed E-state index contributed by atoms with van der Waals surface area (Å²) in [5.74, 6) is 0. The zero-order chi connectivity index (χ0) is 11.1. The number of hydrogen-bond donors (Lipinski definition) is 1. The Kier molecular flexibility index (Phi) is 2.38. The lowest BCUT2D eigenvalue weighted by atomic mass is 9.75. The molecule has 0 spiro atoms. The third-order valence-electron chi connectivity index (χ3n) is 3.52. The van der Waals surface area contributed by atoms with Gasteiger partial charge in [-0.1, -0.05) is 38.1 Å². The molecular weight excluding hydrogens is 182 g/mol. The zero-order valence-electron chi connectivity index (χ0n) is 10.3. The summed E-state index contributed by atoms with van der Waals surface area (Å²) in [4.78, 5) is 0. The van der Waals surface area contributed by atoms with Crippen LogP contribution < -0.4 is 5.32 Å². The maximum atomic E-state index is 2.47. The Labute approximate surface area is 92.9 Å². The fourth-order valence-corrected chi connectivity index (χ4v) is 3.05. The monoisotopic (exact) mass is 204 g/mol. The van der Waals surface area contributed by atoms with Crippen LogP contribution in [-0.4, -0.2) is 5.54 Å². The second-order valence-electron chi connectivity index (χ2n) is 6.11. The smallest absolute Gasteiger partial charge is 0.102 e. The maximum absolute atomic E-state index is 2.47. The highest BCUT2D eigenvalue weighted by molar-refractivity contribution is 5.33. The molecule has 1 aliphatic rings. The van der Waals surface area contributed by atoms with E-state index in [1.807, 2.05) is 0 Å². The number of hydrogen-bond acceptors (Lipinski definition) is 0. The summed E-state index contributed by atoms with van der Waals surface area (Å²) in [5, 5.41) is 2.47. The standard InChI is InChI=1S/C14H21N/c1-13(2)10-14(3,4)15-9-11-7-5-6-8-12(11)13/h5-8,15H,9-10H2,1-4H3/p+1. The van der Waals surface area contributed by atoms with Crippen molar-refractivity contribution in [2.75, 3.05) is 0 Å². The van der Waals surface area contributed by atoms with E-state index in [-0.39, 0.29) is 0 Å². The molecule has 1 heterocycles. The van der Waals surface area contributed by atoms with Crippen LogP contribution >= 0.6 is 0 Å². The highest BCUT2D eigenvalue weighted by Gasteiger charge is 2.36. The molecule has 1 aromatic carbocycles. The molecule has 1 aliphatic heterocycles. The van der Waals surface area contributed by atoms with Crippen molar-refractivity contribution in [2.45, 2.75) is 51.6 Å². The summed E-state index contributed by atoms with van der Waals surface area (Å²) in [6.07, 6.45) is 1.23. The lowest BCUT2D eigenvalue weighted by Crippen LogP contribution is -2.93. The Hall–Kier alpha value is -0.820. The lowest BCUT2D eigenvalue weighted by molar-refractivity contribution is -0.735. The molecule has 0 aromatic heterocycles. The maximum Gasteiger partial charge on any atom is 0.102 e. The van der Waals surface area contributed by atoms with Gasteiger partial charge in [-0.25, -0.2) is 0 Å². The summed E-state index contributed by atoms with van der Waals surface area (Å²) in [5.41, 5.74) is 3.69. The van der Waals surface area contributed by atoms with E-state index in [9.17, 15) is 0 Å². The molecule has 0 radical (unpaired) electrons. The Morgan fingerprint density at radius 3 is 2.47 bits per heavy atom. The van der Waals surface area contributed by atoms with Gasteiger partial charge in [0.15, 0.2) is 0 Å². The Morgan fingerprint density at radius 1 is 1.07 bits per heavy atom. The van der Waals surface area contributed by atoms with Gasteiger partial charge in [0, 0.05) is 12.0 Å². The Balaban J connectivity index is 2.47. The molecule has 0 unspecified atom stereocenters. The first kappa shape index (κ1) is 10.7. The van der Waals surface area contributed by atoms with Crippen LogP contribution in [0.25, 0.3) is 0 Å². The minimum Gasteiger partial charge on any atom is -0.338 e. The lowest BCUT2D eigenvalue weighted by Gasteiger charge is -2.30. The zero-order valence-corrected chi connectivity index (χ0v) is 10.3. The average molecular weight is 204 g/mol.